The fourth-order valence-corrected chi connectivity index (χ4v) is 2.23. The minimum atomic E-state index is 0.756. The van der Waals surface area contributed by atoms with E-state index in [4.69, 9.17) is 0 Å². The molecule has 1 aliphatic rings. The van der Waals surface area contributed by atoms with Crippen LogP contribution in [0.15, 0.2) is 23.6 Å². The smallest absolute Gasteiger partial charge is 0.0271 e. The highest BCUT2D eigenvalue weighted by Crippen LogP contribution is 2.23. The second kappa shape index (κ2) is 6.36. The number of rotatable bonds is 5. The maximum absolute atomic E-state index is 2.32. The van der Waals surface area contributed by atoms with Crippen molar-refractivity contribution in [3.63, 3.8) is 0 Å². The minimum absolute atomic E-state index is 0.756. The maximum Gasteiger partial charge on any atom is 0.0271 e. The van der Waals surface area contributed by atoms with E-state index in [9.17, 15) is 0 Å². The predicted octanol–water partition coefficient (Wildman–Crippen LogP) is 4.14. The quantitative estimate of drug-likeness (QED) is 0.576. The van der Waals surface area contributed by atoms with Gasteiger partial charge in [0.2, 0.25) is 0 Å². The van der Waals surface area contributed by atoms with Gasteiger partial charge in [-0.25, -0.2) is 0 Å². The maximum atomic E-state index is 2.32. The van der Waals surface area contributed by atoms with Crippen LogP contribution in [0.4, 0.5) is 0 Å². The van der Waals surface area contributed by atoms with Crippen molar-refractivity contribution in [1.82, 2.24) is 0 Å². The third-order valence-electron chi connectivity index (χ3n) is 2.11. The van der Waals surface area contributed by atoms with Gasteiger partial charge < -0.3 is 0 Å². The molecule has 0 aliphatic carbocycles. The molecular formula is C11H18S. The van der Waals surface area contributed by atoms with E-state index in [1.165, 1.54) is 32.1 Å². The lowest BCUT2D eigenvalue weighted by molar-refractivity contribution is 0.642. The summed E-state index contributed by atoms with van der Waals surface area (Å²) in [5.74, 6) is 0. The van der Waals surface area contributed by atoms with Gasteiger partial charge in [0, 0.05) is 5.25 Å². The fourth-order valence-electron chi connectivity index (χ4n) is 1.36. The molecule has 0 aromatic heterocycles. The van der Waals surface area contributed by atoms with Crippen molar-refractivity contribution in [3.8, 4) is 0 Å². The Kier molecular flexibility index (Phi) is 5.25. The highest BCUT2D eigenvalue weighted by atomic mass is 32.2. The number of thioether (sulfide) groups is 1. The number of unbranched alkanes of at least 4 members (excludes halogenated alkanes) is 3. The lowest BCUT2D eigenvalue weighted by Crippen LogP contribution is -1.98. The summed E-state index contributed by atoms with van der Waals surface area (Å²) in [4.78, 5) is 0. The second-order valence-corrected chi connectivity index (χ2v) is 4.39. The molecule has 0 saturated heterocycles. The van der Waals surface area contributed by atoms with E-state index in [-0.39, 0.29) is 0 Å². The van der Waals surface area contributed by atoms with E-state index in [1.807, 2.05) is 11.8 Å². The predicted molar refractivity (Wildman–Crippen MR) is 58.4 cm³/mol. The van der Waals surface area contributed by atoms with Crippen LogP contribution in [0.5, 0.6) is 0 Å². The molecule has 12 heavy (non-hydrogen) atoms. The molecule has 0 N–H and O–H groups in total. The molecule has 0 aromatic rings. The first-order chi connectivity index (χ1) is 5.93. The van der Waals surface area contributed by atoms with Gasteiger partial charge in [0.15, 0.2) is 0 Å². The average molecular weight is 182 g/mol. The van der Waals surface area contributed by atoms with E-state index in [0.29, 0.717) is 0 Å². The fraction of sp³-hybridized carbons (Fsp3) is 0.636. The molecule has 0 radical (unpaired) electrons. The Bertz CT molecular complexity index is 158. The topological polar surface area (TPSA) is 0 Å². The summed E-state index contributed by atoms with van der Waals surface area (Å²) in [5, 5.41) is 2.96. The zero-order chi connectivity index (χ0) is 8.65. The van der Waals surface area contributed by atoms with Gasteiger partial charge >= 0.3 is 0 Å². The monoisotopic (exact) mass is 182 g/mol. The molecule has 1 unspecified atom stereocenters. The van der Waals surface area contributed by atoms with Gasteiger partial charge in [-0.1, -0.05) is 50.8 Å². The average Bonchev–Trinajstić information content (AvgIpc) is 2.14. The molecule has 0 spiro atoms. The molecule has 1 heterocycles. The van der Waals surface area contributed by atoms with E-state index in [2.05, 4.69) is 30.6 Å². The molecule has 0 amide bonds. The highest BCUT2D eigenvalue weighted by Gasteiger charge is 2.04. The van der Waals surface area contributed by atoms with Crippen molar-refractivity contribution in [2.24, 2.45) is 0 Å². The summed E-state index contributed by atoms with van der Waals surface area (Å²) in [6, 6.07) is 0. The van der Waals surface area contributed by atoms with Crippen molar-refractivity contribution in [2.75, 3.05) is 0 Å². The summed E-state index contributed by atoms with van der Waals surface area (Å²) in [6.45, 7) is 2.26. The first-order valence-corrected chi connectivity index (χ1v) is 5.86. The summed E-state index contributed by atoms with van der Waals surface area (Å²) >= 11 is 1.95. The largest absolute Gasteiger partial charge is 0.127 e. The van der Waals surface area contributed by atoms with Crippen molar-refractivity contribution in [2.45, 2.75) is 44.3 Å². The van der Waals surface area contributed by atoms with Crippen LogP contribution in [0.3, 0.4) is 0 Å². The van der Waals surface area contributed by atoms with Crippen molar-refractivity contribution in [1.29, 1.82) is 0 Å². The van der Waals surface area contributed by atoms with Crippen LogP contribution < -0.4 is 0 Å². The Balaban J connectivity index is 2.00. The van der Waals surface area contributed by atoms with Crippen LogP contribution in [0.1, 0.15) is 39.0 Å². The Morgan fingerprint density at radius 2 is 2.08 bits per heavy atom. The summed E-state index contributed by atoms with van der Waals surface area (Å²) in [6.07, 6.45) is 13.5. The van der Waals surface area contributed by atoms with Gasteiger partial charge in [-0.15, -0.1) is 11.8 Å². The van der Waals surface area contributed by atoms with Crippen molar-refractivity contribution in [3.05, 3.63) is 23.6 Å². The van der Waals surface area contributed by atoms with Gasteiger partial charge in [0.1, 0.15) is 0 Å². The van der Waals surface area contributed by atoms with Gasteiger partial charge in [0.05, 0.1) is 0 Å². The first kappa shape index (κ1) is 9.91. The lowest BCUT2D eigenvalue weighted by atomic mass is 10.1. The molecule has 1 rings (SSSR count). The van der Waals surface area contributed by atoms with Crippen LogP contribution >= 0.6 is 11.8 Å². The third-order valence-corrected chi connectivity index (χ3v) is 3.17. The van der Waals surface area contributed by atoms with Crippen LogP contribution in [0, 0.1) is 0 Å². The third kappa shape index (κ3) is 4.01. The van der Waals surface area contributed by atoms with Gasteiger partial charge in [-0.3, -0.25) is 0 Å². The summed E-state index contributed by atoms with van der Waals surface area (Å²) < 4.78 is 0. The Hall–Kier alpha value is -0.170. The van der Waals surface area contributed by atoms with Crippen molar-refractivity contribution >= 4 is 11.8 Å². The molecule has 68 valence electrons. The molecule has 0 nitrogen and oxygen atoms in total. The molecule has 0 bridgehead atoms. The molecule has 1 heteroatoms. The lowest BCUT2D eigenvalue weighted by Gasteiger charge is -2.11. The standard InChI is InChI=1S/C11H18S/c1-2-3-4-5-8-11-9-6-7-10-12-11/h6-7,9-11H,2-5,8H2,1H3. The van der Waals surface area contributed by atoms with Gasteiger partial charge in [-0.2, -0.15) is 0 Å². The van der Waals surface area contributed by atoms with Crippen LogP contribution in [0.25, 0.3) is 0 Å². The van der Waals surface area contributed by atoms with E-state index in [1.54, 1.807) is 0 Å². The molecule has 1 aliphatic heterocycles. The van der Waals surface area contributed by atoms with E-state index in [0.717, 1.165) is 5.25 Å². The highest BCUT2D eigenvalue weighted by molar-refractivity contribution is 8.02. The zero-order valence-electron chi connectivity index (χ0n) is 7.83. The van der Waals surface area contributed by atoms with Gasteiger partial charge in [-0.05, 0) is 11.8 Å². The van der Waals surface area contributed by atoms with Gasteiger partial charge in [0.25, 0.3) is 0 Å². The normalized spacial score (nSPS) is 21.6. The Labute approximate surface area is 80.1 Å². The minimum Gasteiger partial charge on any atom is -0.127 e. The summed E-state index contributed by atoms with van der Waals surface area (Å²) in [5.41, 5.74) is 0. The molecular weight excluding hydrogens is 164 g/mol. The van der Waals surface area contributed by atoms with Crippen molar-refractivity contribution < 1.29 is 0 Å². The molecule has 0 aromatic carbocycles. The SMILES string of the molecule is CCCCCCC1C=CC=CS1. The molecule has 0 saturated carbocycles. The Morgan fingerprint density at radius 1 is 1.17 bits per heavy atom. The van der Waals surface area contributed by atoms with Crippen LogP contribution in [0.2, 0.25) is 0 Å². The number of hydrogen-bond acceptors (Lipinski definition) is 1. The Morgan fingerprint density at radius 3 is 2.75 bits per heavy atom. The first-order valence-electron chi connectivity index (χ1n) is 4.92. The van der Waals surface area contributed by atoms with Crippen LogP contribution in [-0.4, -0.2) is 5.25 Å². The summed E-state index contributed by atoms with van der Waals surface area (Å²) in [7, 11) is 0. The number of hydrogen-bond donors (Lipinski definition) is 0. The van der Waals surface area contributed by atoms with E-state index >= 15 is 0 Å². The second-order valence-electron chi connectivity index (χ2n) is 3.24. The zero-order valence-corrected chi connectivity index (χ0v) is 8.65. The van der Waals surface area contributed by atoms with Crippen LogP contribution in [-0.2, 0) is 0 Å². The number of allylic oxidation sites excluding steroid dienone is 2. The molecule has 0 fully saturated rings. The van der Waals surface area contributed by atoms with E-state index < -0.39 is 0 Å². The molecule has 1 atom stereocenters.